The number of hydrogen-bond acceptors (Lipinski definition) is 7. The summed E-state index contributed by atoms with van der Waals surface area (Å²) >= 11 is 3.34. The number of hydrogen-bond donors (Lipinski definition) is 1. The van der Waals surface area contributed by atoms with Crippen LogP contribution in [0.5, 0.6) is 0 Å². The van der Waals surface area contributed by atoms with Gasteiger partial charge in [-0.3, -0.25) is 0 Å². The van der Waals surface area contributed by atoms with Crippen LogP contribution < -0.4 is 0 Å². The van der Waals surface area contributed by atoms with Crippen molar-refractivity contribution in [3.63, 3.8) is 0 Å². The number of sulfone groups is 2. The molecule has 154 valence electrons. The molecule has 1 aromatic heterocycles. The van der Waals surface area contributed by atoms with E-state index in [0.717, 1.165) is 23.1 Å². The number of halogens is 1. The third-order valence-electron chi connectivity index (χ3n) is 4.41. The van der Waals surface area contributed by atoms with Crippen LogP contribution in [0.1, 0.15) is 11.1 Å². The third-order valence-corrected chi connectivity index (χ3v) is 7.13. The van der Waals surface area contributed by atoms with Crippen molar-refractivity contribution in [1.29, 1.82) is 0 Å². The average Bonchev–Trinajstić information content (AvgIpc) is 3.13. The summed E-state index contributed by atoms with van der Waals surface area (Å²) in [6.45, 7) is -0.0575. The van der Waals surface area contributed by atoms with Crippen molar-refractivity contribution in [2.75, 3.05) is 12.5 Å². The van der Waals surface area contributed by atoms with Gasteiger partial charge in [-0.2, -0.15) is 0 Å². The Labute approximate surface area is 177 Å². The largest absolute Gasteiger partial charge is 0.378 e. The average molecular weight is 500 g/mol. The molecular weight excluding hydrogens is 482 g/mol. The predicted octanol–water partition coefficient (Wildman–Crippen LogP) is 1.78. The zero-order chi connectivity index (χ0) is 21.4. The van der Waals surface area contributed by atoms with Crippen molar-refractivity contribution < 1.29 is 21.9 Å². The normalized spacial score (nSPS) is 14.5. The topological polar surface area (TPSA) is 119 Å². The summed E-state index contributed by atoms with van der Waals surface area (Å²) in [5.41, 5.74) is -1.18. The molecule has 8 nitrogen and oxygen atoms in total. The second-order valence-electron chi connectivity index (χ2n) is 6.74. The Morgan fingerprint density at radius 2 is 1.38 bits per heavy atom. The third kappa shape index (κ3) is 4.74. The zero-order valence-corrected chi connectivity index (χ0v) is 18.7. The maximum Gasteiger partial charge on any atom is 0.175 e. The Bertz CT molecular complexity index is 1190. The molecule has 29 heavy (non-hydrogen) atoms. The lowest BCUT2D eigenvalue weighted by Gasteiger charge is -2.30. The maximum atomic E-state index is 12.2. The van der Waals surface area contributed by atoms with Crippen molar-refractivity contribution in [3.05, 3.63) is 70.7 Å². The molecule has 0 saturated carbocycles. The molecule has 0 aliphatic rings. The van der Waals surface area contributed by atoms with Crippen LogP contribution in [0.25, 0.3) is 0 Å². The van der Waals surface area contributed by atoms with Crippen LogP contribution in [-0.4, -0.2) is 49.2 Å². The van der Waals surface area contributed by atoms with Crippen molar-refractivity contribution in [1.82, 2.24) is 14.8 Å². The first kappa shape index (κ1) is 21.6. The highest BCUT2D eigenvalue weighted by Gasteiger charge is 2.34. The van der Waals surface area contributed by atoms with E-state index in [0.29, 0.717) is 5.56 Å². The highest BCUT2D eigenvalue weighted by atomic mass is 79.9. The summed E-state index contributed by atoms with van der Waals surface area (Å²) in [4.78, 5) is -0.399. The lowest BCUT2D eigenvalue weighted by atomic mass is 9.86. The Balaban J connectivity index is 2.31. The van der Waals surface area contributed by atoms with E-state index in [2.05, 4.69) is 26.1 Å². The predicted molar refractivity (Wildman–Crippen MR) is 110 cm³/mol. The van der Waals surface area contributed by atoms with E-state index in [9.17, 15) is 21.9 Å². The van der Waals surface area contributed by atoms with Gasteiger partial charge >= 0.3 is 0 Å². The van der Waals surface area contributed by atoms with E-state index in [1.807, 2.05) is 0 Å². The van der Waals surface area contributed by atoms with Gasteiger partial charge in [-0.05, 0) is 41.5 Å². The van der Waals surface area contributed by atoms with E-state index >= 15 is 0 Å². The zero-order valence-electron chi connectivity index (χ0n) is 15.5. The smallest absolute Gasteiger partial charge is 0.175 e. The second kappa shape index (κ2) is 7.63. The van der Waals surface area contributed by atoms with Gasteiger partial charge in [0.25, 0.3) is 0 Å². The first-order valence-corrected chi connectivity index (χ1v) is 12.8. The number of nitrogens with zero attached hydrogens (tertiary/aromatic N) is 3. The molecule has 2 aromatic carbocycles. The van der Waals surface area contributed by atoms with Gasteiger partial charge in [-0.15, -0.1) is 10.2 Å². The molecule has 0 aliphatic heterocycles. The van der Waals surface area contributed by atoms with Crippen molar-refractivity contribution in [3.8, 4) is 0 Å². The fourth-order valence-electron chi connectivity index (χ4n) is 2.88. The molecule has 11 heteroatoms. The van der Waals surface area contributed by atoms with Crippen LogP contribution in [0.2, 0.25) is 0 Å². The van der Waals surface area contributed by atoms with E-state index in [1.165, 1.54) is 29.4 Å². The number of aromatic nitrogens is 3. The Morgan fingerprint density at radius 3 is 1.83 bits per heavy atom. The quantitative estimate of drug-likeness (QED) is 0.548. The van der Waals surface area contributed by atoms with Gasteiger partial charge < -0.3 is 9.67 Å². The fourth-order valence-corrected chi connectivity index (χ4v) is 4.58. The van der Waals surface area contributed by atoms with Crippen LogP contribution in [0, 0.1) is 0 Å². The summed E-state index contributed by atoms with van der Waals surface area (Å²) in [6, 6.07) is 10.5. The van der Waals surface area contributed by atoms with E-state index < -0.39 is 25.3 Å². The standard InChI is InChI=1S/C18H18BrN3O5S2/c1-28(24,25)16-7-14(8-17(9-16)29(2,26)27)18(23,10-22-11-20-21-12-22)13-3-5-15(19)6-4-13/h3-9,11-12,23H,10H2,1-2H3. The van der Waals surface area contributed by atoms with Crippen LogP contribution in [0.3, 0.4) is 0 Å². The van der Waals surface area contributed by atoms with Crippen LogP contribution in [0.4, 0.5) is 0 Å². The number of aliphatic hydroxyl groups is 1. The minimum Gasteiger partial charge on any atom is -0.378 e. The van der Waals surface area contributed by atoms with Gasteiger partial charge in [0.15, 0.2) is 19.7 Å². The molecule has 1 atom stereocenters. The maximum absolute atomic E-state index is 12.2. The Morgan fingerprint density at radius 1 is 0.897 bits per heavy atom. The highest BCUT2D eigenvalue weighted by Crippen LogP contribution is 2.35. The van der Waals surface area contributed by atoms with E-state index in [-0.39, 0.29) is 21.9 Å². The summed E-state index contributed by atoms with van der Waals surface area (Å²) < 4.78 is 51.0. The Hall–Kier alpha value is -2.08. The van der Waals surface area contributed by atoms with E-state index in [1.54, 1.807) is 24.3 Å². The first-order valence-electron chi connectivity index (χ1n) is 8.26. The molecule has 0 bridgehead atoms. The summed E-state index contributed by atoms with van der Waals surface area (Å²) in [5, 5.41) is 19.2. The number of benzene rings is 2. The summed E-state index contributed by atoms with van der Waals surface area (Å²) in [7, 11) is -7.47. The van der Waals surface area contributed by atoms with Gasteiger partial charge in [-0.1, -0.05) is 28.1 Å². The summed E-state index contributed by atoms with van der Waals surface area (Å²) in [6.07, 6.45) is 4.77. The molecule has 1 heterocycles. The molecule has 0 spiro atoms. The van der Waals surface area contributed by atoms with Gasteiger partial charge in [0.1, 0.15) is 18.3 Å². The summed E-state index contributed by atoms with van der Waals surface area (Å²) in [5.74, 6) is 0. The van der Waals surface area contributed by atoms with Crippen molar-refractivity contribution in [2.24, 2.45) is 0 Å². The second-order valence-corrected chi connectivity index (χ2v) is 11.7. The molecule has 0 radical (unpaired) electrons. The first-order chi connectivity index (χ1) is 13.4. The lowest BCUT2D eigenvalue weighted by molar-refractivity contribution is 0.0606. The molecule has 0 amide bonds. The SMILES string of the molecule is CS(=O)(=O)c1cc(C(O)(Cn2cnnc2)c2ccc(Br)cc2)cc(S(C)(=O)=O)c1. The van der Waals surface area contributed by atoms with Gasteiger partial charge in [0.2, 0.25) is 0 Å². The van der Waals surface area contributed by atoms with Crippen molar-refractivity contribution >= 4 is 35.6 Å². The van der Waals surface area contributed by atoms with Crippen LogP contribution >= 0.6 is 15.9 Å². The molecule has 3 rings (SSSR count). The minimum atomic E-state index is -3.73. The monoisotopic (exact) mass is 499 g/mol. The molecule has 0 aliphatic carbocycles. The fraction of sp³-hybridized carbons (Fsp3) is 0.222. The van der Waals surface area contributed by atoms with E-state index in [4.69, 9.17) is 0 Å². The van der Waals surface area contributed by atoms with Crippen LogP contribution in [0.15, 0.2) is 69.4 Å². The molecule has 0 saturated heterocycles. The van der Waals surface area contributed by atoms with Crippen LogP contribution in [-0.2, 0) is 31.8 Å². The van der Waals surface area contributed by atoms with Gasteiger partial charge in [0, 0.05) is 17.0 Å². The molecule has 0 fully saturated rings. The minimum absolute atomic E-state index is 0.0575. The molecule has 1 N–H and O–H groups in total. The molecule has 1 unspecified atom stereocenters. The highest BCUT2D eigenvalue weighted by molar-refractivity contribution is 9.10. The lowest BCUT2D eigenvalue weighted by Crippen LogP contribution is -2.33. The molecule has 3 aromatic rings. The molecular formula is C18H18BrN3O5S2. The van der Waals surface area contributed by atoms with Gasteiger partial charge in [-0.25, -0.2) is 16.8 Å². The van der Waals surface area contributed by atoms with Gasteiger partial charge in [0.05, 0.1) is 16.3 Å². The Kier molecular flexibility index (Phi) is 5.69. The number of rotatable bonds is 6. The van der Waals surface area contributed by atoms with Crippen molar-refractivity contribution in [2.45, 2.75) is 21.9 Å².